The summed E-state index contributed by atoms with van der Waals surface area (Å²) in [4.78, 5) is 18.1. The van der Waals surface area contributed by atoms with E-state index in [-0.39, 0.29) is 17.1 Å². The van der Waals surface area contributed by atoms with Gasteiger partial charge in [-0.15, -0.1) is 0 Å². The van der Waals surface area contributed by atoms with Crippen LogP contribution >= 0.6 is 11.8 Å². The summed E-state index contributed by atoms with van der Waals surface area (Å²) in [6, 6.07) is 7.28. The molecule has 1 saturated carbocycles. The van der Waals surface area contributed by atoms with Gasteiger partial charge in [0, 0.05) is 32.2 Å². The van der Waals surface area contributed by atoms with E-state index in [0.717, 1.165) is 38.2 Å². The minimum absolute atomic E-state index is 0.0559. The third-order valence-electron chi connectivity index (χ3n) is 6.75. The van der Waals surface area contributed by atoms with Gasteiger partial charge in [-0.2, -0.15) is 11.8 Å². The van der Waals surface area contributed by atoms with Crippen LogP contribution < -0.4 is 0 Å². The summed E-state index contributed by atoms with van der Waals surface area (Å²) in [5.74, 6) is 2.54. The topological polar surface area (TPSA) is 23.6 Å². The van der Waals surface area contributed by atoms with Crippen LogP contribution in [0.25, 0.3) is 0 Å². The fourth-order valence-corrected chi connectivity index (χ4v) is 6.03. The number of piperazine rings is 1. The Balaban J connectivity index is 1.46. The molecule has 0 bridgehead atoms. The van der Waals surface area contributed by atoms with Crippen LogP contribution in [0.1, 0.15) is 38.7 Å². The third-order valence-corrected chi connectivity index (χ3v) is 7.80. The fraction of sp³-hybridized carbons (Fsp3) is 0.667. The number of benzene rings is 1. The summed E-state index contributed by atoms with van der Waals surface area (Å²) in [5.41, 5.74) is 0.449. The molecule has 1 atom stereocenters. The van der Waals surface area contributed by atoms with Crippen molar-refractivity contribution in [3.05, 3.63) is 35.6 Å². The van der Waals surface area contributed by atoms with Crippen LogP contribution in [0.5, 0.6) is 0 Å². The quantitative estimate of drug-likeness (QED) is 0.806. The molecule has 0 aromatic heterocycles. The second-order valence-corrected chi connectivity index (χ2v) is 9.87. The van der Waals surface area contributed by atoms with E-state index in [4.69, 9.17) is 0 Å². The molecule has 4 rings (SSSR count). The summed E-state index contributed by atoms with van der Waals surface area (Å²) in [5, 5.41) is 0. The van der Waals surface area contributed by atoms with E-state index in [9.17, 15) is 9.18 Å². The second kappa shape index (κ2) is 6.83. The molecule has 26 heavy (non-hydrogen) atoms. The zero-order valence-electron chi connectivity index (χ0n) is 15.8. The molecule has 0 N–H and O–H groups in total. The van der Waals surface area contributed by atoms with E-state index >= 15 is 0 Å². The Kier molecular flexibility index (Phi) is 4.81. The van der Waals surface area contributed by atoms with Gasteiger partial charge in [-0.3, -0.25) is 9.69 Å². The maximum atomic E-state index is 13.5. The number of hydrogen-bond acceptors (Lipinski definition) is 3. The summed E-state index contributed by atoms with van der Waals surface area (Å²) >= 11 is 2.06. The van der Waals surface area contributed by atoms with Gasteiger partial charge in [0.2, 0.25) is 5.91 Å². The number of thioether (sulfide) groups is 1. The van der Waals surface area contributed by atoms with E-state index in [1.807, 2.05) is 0 Å². The molecule has 1 aliphatic carbocycles. The number of nitrogens with zero attached hydrogens (tertiary/aromatic N) is 2. The highest BCUT2D eigenvalue weighted by molar-refractivity contribution is 7.99. The number of halogens is 1. The monoisotopic (exact) mass is 376 g/mol. The first-order valence-corrected chi connectivity index (χ1v) is 11.0. The van der Waals surface area contributed by atoms with Gasteiger partial charge >= 0.3 is 0 Å². The maximum Gasteiger partial charge on any atom is 0.233 e. The lowest BCUT2D eigenvalue weighted by Gasteiger charge is -2.42. The molecule has 0 spiro atoms. The maximum absolute atomic E-state index is 13.5. The van der Waals surface area contributed by atoms with Crippen molar-refractivity contribution in [2.75, 3.05) is 37.7 Å². The van der Waals surface area contributed by atoms with Crippen molar-refractivity contribution in [3.8, 4) is 0 Å². The summed E-state index contributed by atoms with van der Waals surface area (Å²) in [7, 11) is 0. The Bertz CT molecular complexity index is 663. The molecule has 142 valence electrons. The number of rotatable bonds is 3. The Labute approximate surface area is 160 Å². The highest BCUT2D eigenvalue weighted by atomic mass is 32.2. The standard InChI is InChI=1S/C21H29FN2OS/c1-20(2)15-21(20,16-3-5-17(22)6-4-16)19(25)24-11-9-23(10-12-24)18-7-13-26-14-8-18/h3-6,18H,7-15H2,1-2H3/t21-/m0/s1. The SMILES string of the molecule is CC1(C)C[C@@]1(C(=O)N1CCN(C2CCSCC2)CC1)c1ccc(F)cc1. The van der Waals surface area contributed by atoms with E-state index in [2.05, 4.69) is 35.4 Å². The van der Waals surface area contributed by atoms with Crippen LogP contribution in [0, 0.1) is 11.2 Å². The van der Waals surface area contributed by atoms with Gasteiger partial charge < -0.3 is 4.90 Å². The van der Waals surface area contributed by atoms with Crippen molar-refractivity contribution in [1.82, 2.24) is 9.80 Å². The first-order valence-electron chi connectivity index (χ1n) is 9.81. The van der Waals surface area contributed by atoms with Crippen LogP contribution in [0.3, 0.4) is 0 Å². The molecule has 5 heteroatoms. The van der Waals surface area contributed by atoms with Crippen LogP contribution in [-0.2, 0) is 10.2 Å². The van der Waals surface area contributed by atoms with Crippen molar-refractivity contribution < 1.29 is 9.18 Å². The molecule has 1 aromatic carbocycles. The van der Waals surface area contributed by atoms with Crippen LogP contribution in [0.2, 0.25) is 0 Å². The number of carbonyl (C=O) groups is 1. The van der Waals surface area contributed by atoms with Gasteiger partial charge in [0.15, 0.2) is 0 Å². The zero-order valence-corrected chi connectivity index (χ0v) is 16.7. The number of hydrogen-bond donors (Lipinski definition) is 0. The molecule has 1 aromatic rings. The van der Waals surface area contributed by atoms with Gasteiger partial charge in [-0.05, 0) is 53.9 Å². The van der Waals surface area contributed by atoms with Gasteiger partial charge in [-0.25, -0.2) is 4.39 Å². The largest absolute Gasteiger partial charge is 0.339 e. The normalized spacial score (nSPS) is 29.6. The lowest BCUT2D eigenvalue weighted by Crippen LogP contribution is -2.55. The van der Waals surface area contributed by atoms with Crippen molar-refractivity contribution in [1.29, 1.82) is 0 Å². The van der Waals surface area contributed by atoms with Crippen LogP contribution in [-0.4, -0.2) is 59.4 Å². The van der Waals surface area contributed by atoms with Gasteiger partial charge in [-0.1, -0.05) is 26.0 Å². The minimum Gasteiger partial charge on any atom is -0.339 e. The molecule has 3 aliphatic rings. The van der Waals surface area contributed by atoms with Crippen molar-refractivity contribution in [2.45, 2.75) is 44.6 Å². The second-order valence-electron chi connectivity index (χ2n) is 8.64. The minimum atomic E-state index is -0.468. The van der Waals surface area contributed by atoms with Gasteiger partial charge in [0.25, 0.3) is 0 Å². The Morgan fingerprint density at radius 2 is 1.65 bits per heavy atom. The molecule has 3 nitrogen and oxygen atoms in total. The Hall–Kier alpha value is -1.07. The lowest BCUT2D eigenvalue weighted by molar-refractivity contribution is -0.137. The van der Waals surface area contributed by atoms with Gasteiger partial charge in [0.05, 0.1) is 5.41 Å². The number of carbonyl (C=O) groups excluding carboxylic acids is 1. The molecule has 2 heterocycles. The van der Waals surface area contributed by atoms with Crippen molar-refractivity contribution in [3.63, 3.8) is 0 Å². The Morgan fingerprint density at radius 3 is 2.19 bits per heavy atom. The van der Waals surface area contributed by atoms with Crippen molar-refractivity contribution >= 4 is 17.7 Å². The van der Waals surface area contributed by atoms with E-state index in [1.54, 1.807) is 12.1 Å². The predicted molar refractivity (Wildman–Crippen MR) is 105 cm³/mol. The predicted octanol–water partition coefficient (Wildman–Crippen LogP) is 3.53. The van der Waals surface area contributed by atoms with Crippen LogP contribution in [0.4, 0.5) is 4.39 Å². The summed E-state index contributed by atoms with van der Waals surface area (Å²) in [6.07, 6.45) is 3.42. The third kappa shape index (κ3) is 3.07. The molecule has 2 aliphatic heterocycles. The molecule has 1 amide bonds. The summed E-state index contributed by atoms with van der Waals surface area (Å²) < 4.78 is 13.4. The smallest absolute Gasteiger partial charge is 0.233 e. The highest BCUT2D eigenvalue weighted by Gasteiger charge is 2.68. The van der Waals surface area contributed by atoms with Crippen LogP contribution in [0.15, 0.2) is 24.3 Å². The zero-order chi connectivity index (χ0) is 18.4. The molecule has 3 fully saturated rings. The molecular weight excluding hydrogens is 347 g/mol. The van der Waals surface area contributed by atoms with E-state index in [1.165, 1.54) is 36.5 Å². The molecule has 2 saturated heterocycles. The van der Waals surface area contributed by atoms with Crippen molar-refractivity contribution in [2.24, 2.45) is 5.41 Å². The number of amides is 1. The molecule has 0 unspecified atom stereocenters. The lowest BCUT2D eigenvalue weighted by atomic mass is 9.86. The molecular formula is C21H29FN2OS. The molecule has 0 radical (unpaired) electrons. The van der Waals surface area contributed by atoms with E-state index < -0.39 is 5.41 Å². The first-order chi connectivity index (χ1) is 12.4. The van der Waals surface area contributed by atoms with Gasteiger partial charge in [0.1, 0.15) is 5.82 Å². The average molecular weight is 377 g/mol. The van der Waals surface area contributed by atoms with E-state index in [0.29, 0.717) is 6.04 Å². The highest BCUT2D eigenvalue weighted by Crippen LogP contribution is 2.65. The average Bonchev–Trinajstić information content (AvgIpc) is 3.26. The summed E-state index contributed by atoms with van der Waals surface area (Å²) in [6.45, 7) is 7.93. The Morgan fingerprint density at radius 1 is 1.08 bits per heavy atom. The first kappa shape index (κ1) is 18.3. The fourth-order valence-electron chi connectivity index (χ4n) is 4.94.